The molecule has 1 saturated heterocycles. The van der Waals surface area contributed by atoms with E-state index in [2.05, 4.69) is 0 Å². The highest BCUT2D eigenvalue weighted by atomic mass is 19.2. The van der Waals surface area contributed by atoms with Gasteiger partial charge in [0, 0.05) is 13.1 Å². The average molecular weight is 164 g/mol. The summed E-state index contributed by atoms with van der Waals surface area (Å²) in [6.45, 7) is 4.79. The third-order valence-electron chi connectivity index (χ3n) is 2.09. The van der Waals surface area contributed by atoms with Crippen molar-refractivity contribution in [2.75, 3.05) is 19.6 Å². The molecule has 0 aromatic carbocycles. The lowest BCUT2D eigenvalue weighted by Gasteiger charge is -2.20. The minimum Gasteiger partial charge on any atom is -0.257 e. The summed E-state index contributed by atoms with van der Waals surface area (Å²) in [6.07, 6.45) is -2.35. The predicted octanol–water partition coefficient (Wildman–Crippen LogP) is 1.19. The number of rotatable bonds is 2. The van der Waals surface area contributed by atoms with E-state index < -0.39 is 12.7 Å². The molecular formula is C7H14F2N2. The first-order chi connectivity index (χ1) is 5.20. The van der Waals surface area contributed by atoms with Crippen LogP contribution in [0, 0.1) is 0 Å². The van der Waals surface area contributed by atoms with Crippen LogP contribution in [0.2, 0.25) is 0 Å². The quantitative estimate of drug-likeness (QED) is 0.566. The Labute approximate surface area is 65.8 Å². The van der Waals surface area contributed by atoms with Crippen LogP contribution < -0.4 is 0 Å². The molecular weight excluding hydrogens is 150 g/mol. The zero-order valence-electron chi connectivity index (χ0n) is 6.93. The second-order valence-electron chi connectivity index (χ2n) is 2.66. The normalized spacial score (nSPS) is 34.9. The van der Waals surface area contributed by atoms with Crippen molar-refractivity contribution in [3.8, 4) is 0 Å². The molecule has 2 unspecified atom stereocenters. The number of halogens is 2. The summed E-state index contributed by atoms with van der Waals surface area (Å²) in [5, 5.41) is 0. The van der Waals surface area contributed by atoms with Gasteiger partial charge in [-0.2, -0.15) is 0 Å². The van der Waals surface area contributed by atoms with Crippen molar-refractivity contribution in [3.63, 3.8) is 0 Å². The fourth-order valence-electron chi connectivity index (χ4n) is 1.36. The molecule has 0 aliphatic carbocycles. The van der Waals surface area contributed by atoms with Gasteiger partial charge in [-0.3, -0.25) is 4.90 Å². The molecule has 1 heterocycles. The van der Waals surface area contributed by atoms with Gasteiger partial charge in [-0.1, -0.05) is 13.8 Å². The zero-order chi connectivity index (χ0) is 8.43. The molecule has 0 radical (unpaired) electrons. The maximum Gasteiger partial charge on any atom is 0.212 e. The highest BCUT2D eigenvalue weighted by Crippen LogP contribution is 2.21. The van der Waals surface area contributed by atoms with Crippen LogP contribution in [0.5, 0.6) is 0 Å². The monoisotopic (exact) mass is 164 g/mol. The summed E-state index contributed by atoms with van der Waals surface area (Å²) < 4.78 is 26.0. The number of nitrogens with zero attached hydrogens (tertiary/aromatic N) is 2. The minimum absolute atomic E-state index is 0.200. The minimum atomic E-state index is -1.22. The Morgan fingerprint density at radius 1 is 1.27 bits per heavy atom. The highest BCUT2D eigenvalue weighted by molar-refractivity contribution is 4.77. The van der Waals surface area contributed by atoms with E-state index in [1.807, 2.05) is 6.92 Å². The highest BCUT2D eigenvalue weighted by Gasteiger charge is 2.37. The van der Waals surface area contributed by atoms with Crippen LogP contribution >= 0.6 is 0 Å². The molecule has 1 aliphatic rings. The maximum absolute atomic E-state index is 13.1. The van der Waals surface area contributed by atoms with Crippen LogP contribution in [0.4, 0.5) is 8.78 Å². The van der Waals surface area contributed by atoms with Gasteiger partial charge in [-0.15, -0.1) is 0 Å². The largest absolute Gasteiger partial charge is 0.257 e. The van der Waals surface area contributed by atoms with Gasteiger partial charge in [-0.05, 0) is 6.54 Å². The Bertz CT molecular complexity index is 132. The Balaban J connectivity index is 2.55. The molecule has 66 valence electrons. The zero-order valence-corrected chi connectivity index (χ0v) is 6.93. The summed E-state index contributed by atoms with van der Waals surface area (Å²) in [6, 6.07) is 0. The molecule has 0 saturated carbocycles. The molecule has 1 fully saturated rings. The van der Waals surface area contributed by atoms with E-state index in [-0.39, 0.29) is 6.54 Å². The smallest absolute Gasteiger partial charge is 0.212 e. The van der Waals surface area contributed by atoms with Crippen LogP contribution in [0.25, 0.3) is 0 Å². The van der Waals surface area contributed by atoms with Gasteiger partial charge in [0.05, 0.1) is 0 Å². The van der Waals surface area contributed by atoms with Crippen LogP contribution in [0.15, 0.2) is 0 Å². The van der Waals surface area contributed by atoms with Crippen molar-refractivity contribution in [1.82, 2.24) is 9.80 Å². The summed E-state index contributed by atoms with van der Waals surface area (Å²) in [4.78, 5) is 2.69. The third-order valence-corrected chi connectivity index (χ3v) is 2.09. The van der Waals surface area contributed by atoms with Crippen molar-refractivity contribution in [3.05, 3.63) is 0 Å². The Morgan fingerprint density at radius 3 is 2.18 bits per heavy atom. The van der Waals surface area contributed by atoms with Gasteiger partial charge in [-0.25, -0.2) is 13.7 Å². The van der Waals surface area contributed by atoms with E-state index >= 15 is 0 Å². The van der Waals surface area contributed by atoms with Gasteiger partial charge in [0.25, 0.3) is 0 Å². The van der Waals surface area contributed by atoms with Crippen molar-refractivity contribution < 1.29 is 8.78 Å². The lowest BCUT2D eigenvalue weighted by Crippen LogP contribution is -2.35. The molecule has 4 heteroatoms. The summed E-state index contributed by atoms with van der Waals surface area (Å²) in [5.41, 5.74) is 0. The van der Waals surface area contributed by atoms with E-state index in [1.54, 1.807) is 6.92 Å². The molecule has 0 amide bonds. The molecule has 0 spiro atoms. The fraction of sp³-hybridized carbons (Fsp3) is 1.00. The number of alkyl halides is 2. The lowest BCUT2D eigenvalue weighted by molar-refractivity contribution is -0.00684. The van der Waals surface area contributed by atoms with Crippen LogP contribution in [-0.4, -0.2) is 42.1 Å². The van der Waals surface area contributed by atoms with E-state index in [0.717, 1.165) is 0 Å². The summed E-state index contributed by atoms with van der Waals surface area (Å²) in [7, 11) is 0. The van der Waals surface area contributed by atoms with Crippen LogP contribution in [0.3, 0.4) is 0 Å². The van der Waals surface area contributed by atoms with Gasteiger partial charge < -0.3 is 0 Å². The van der Waals surface area contributed by atoms with Crippen LogP contribution in [-0.2, 0) is 0 Å². The molecule has 0 aromatic rings. The average Bonchev–Trinajstić information content (AvgIpc) is 2.26. The first-order valence-corrected chi connectivity index (χ1v) is 3.98. The van der Waals surface area contributed by atoms with E-state index in [0.29, 0.717) is 13.1 Å². The van der Waals surface area contributed by atoms with E-state index in [1.165, 1.54) is 9.80 Å². The van der Waals surface area contributed by atoms with Crippen molar-refractivity contribution in [2.45, 2.75) is 26.6 Å². The van der Waals surface area contributed by atoms with Gasteiger partial charge in [0.1, 0.15) is 0 Å². The molecule has 2 atom stereocenters. The molecule has 1 rings (SSSR count). The third kappa shape index (κ3) is 1.51. The SMILES string of the molecule is CCN1CC(F)N(CC)C1F. The molecule has 2 nitrogen and oxygen atoms in total. The number of hydrogen-bond acceptors (Lipinski definition) is 2. The second-order valence-corrected chi connectivity index (χ2v) is 2.66. The predicted molar refractivity (Wildman–Crippen MR) is 39.4 cm³/mol. The van der Waals surface area contributed by atoms with Gasteiger partial charge in [0.2, 0.25) is 6.42 Å². The van der Waals surface area contributed by atoms with Crippen LogP contribution in [0.1, 0.15) is 13.8 Å². The van der Waals surface area contributed by atoms with Crippen molar-refractivity contribution in [2.24, 2.45) is 0 Å². The van der Waals surface area contributed by atoms with Gasteiger partial charge in [0.15, 0.2) is 6.30 Å². The Hall–Kier alpha value is -0.220. The van der Waals surface area contributed by atoms with E-state index in [4.69, 9.17) is 0 Å². The van der Waals surface area contributed by atoms with Crippen molar-refractivity contribution >= 4 is 0 Å². The lowest BCUT2D eigenvalue weighted by atomic mass is 10.5. The Morgan fingerprint density at radius 2 is 1.91 bits per heavy atom. The first kappa shape index (κ1) is 8.87. The second kappa shape index (κ2) is 3.45. The van der Waals surface area contributed by atoms with E-state index in [9.17, 15) is 8.78 Å². The standard InChI is InChI=1S/C7H14F2N2/c1-3-10-5-6(8)11(4-2)7(10)9/h6-7H,3-5H2,1-2H3. The molecule has 0 N–H and O–H groups in total. The number of likely N-dealkylation sites (N-methyl/N-ethyl adjacent to an activating group) is 2. The molecule has 1 aliphatic heterocycles. The van der Waals surface area contributed by atoms with Crippen molar-refractivity contribution in [1.29, 1.82) is 0 Å². The molecule has 11 heavy (non-hydrogen) atoms. The molecule has 0 bridgehead atoms. The van der Waals surface area contributed by atoms with Gasteiger partial charge >= 0.3 is 0 Å². The fourth-order valence-corrected chi connectivity index (χ4v) is 1.36. The summed E-state index contributed by atoms with van der Waals surface area (Å²) in [5.74, 6) is 0. The number of hydrogen-bond donors (Lipinski definition) is 0. The Kier molecular flexibility index (Phi) is 2.78. The summed E-state index contributed by atoms with van der Waals surface area (Å²) >= 11 is 0. The maximum atomic E-state index is 13.1. The first-order valence-electron chi connectivity index (χ1n) is 3.98. The molecule has 0 aromatic heterocycles. The topological polar surface area (TPSA) is 6.48 Å².